The highest BCUT2D eigenvalue weighted by molar-refractivity contribution is 5.84. The van der Waals surface area contributed by atoms with Crippen LogP contribution >= 0.6 is 0 Å². The van der Waals surface area contributed by atoms with Gasteiger partial charge in [0.25, 0.3) is 0 Å². The van der Waals surface area contributed by atoms with E-state index in [2.05, 4.69) is 32.8 Å². The Labute approximate surface area is 266 Å². The number of likely N-dealkylation sites (N-methyl/N-ethyl adjacent to an activating group) is 1. The van der Waals surface area contributed by atoms with Crippen molar-refractivity contribution in [2.45, 2.75) is 63.7 Å². The minimum absolute atomic E-state index is 0.0249. The van der Waals surface area contributed by atoms with Crippen molar-refractivity contribution in [2.75, 3.05) is 39.8 Å². The van der Waals surface area contributed by atoms with Crippen molar-refractivity contribution in [1.82, 2.24) is 29.7 Å². The fourth-order valence-corrected chi connectivity index (χ4v) is 6.71. The first-order valence-corrected chi connectivity index (χ1v) is 16.2. The van der Waals surface area contributed by atoms with E-state index in [4.69, 9.17) is 9.72 Å². The summed E-state index contributed by atoms with van der Waals surface area (Å²) >= 11 is 0. The number of hydrogen-bond acceptors (Lipinski definition) is 6. The molecule has 0 unspecified atom stereocenters. The third kappa shape index (κ3) is 6.48. The second-order valence-electron chi connectivity index (χ2n) is 13.0. The standard InChI is InChI=1S/C35H39F3N6O2/c1-3-23-20-44(32(45)15-22-4-5-25(29(14-22)35(36,37)38)19-43-12-10-42(2)11-13-43)21-26-16-27(18-40-33(23)26)46-31-8-9-39-34-28(31)17-30(41-34)24-6-7-24/h4-5,8-9,14,16-18,23-24H,3,6-7,10-13,15,19-21H2,1-2H3,(H,39,41)/t23-/m0/s1. The highest BCUT2D eigenvalue weighted by atomic mass is 19.4. The summed E-state index contributed by atoms with van der Waals surface area (Å²) in [5, 5.41) is 0.915. The van der Waals surface area contributed by atoms with Crippen LogP contribution in [0.5, 0.6) is 11.5 Å². The van der Waals surface area contributed by atoms with Gasteiger partial charge in [-0.2, -0.15) is 13.2 Å². The number of aromatic nitrogens is 3. The zero-order valence-electron chi connectivity index (χ0n) is 26.2. The lowest BCUT2D eigenvalue weighted by Gasteiger charge is -2.34. The number of amides is 1. The molecule has 1 saturated heterocycles. The SMILES string of the molecule is CC[C@H]1CN(C(=O)Cc2ccc(CN3CCN(C)CC3)c(C(F)(F)F)c2)Cc2cc(Oc3ccnc4[nH]c(C5CC5)cc34)cnc21. The van der Waals surface area contributed by atoms with Crippen LogP contribution in [0.2, 0.25) is 0 Å². The van der Waals surface area contributed by atoms with Crippen molar-refractivity contribution >= 4 is 16.9 Å². The van der Waals surface area contributed by atoms with E-state index in [1.165, 1.54) is 18.5 Å². The van der Waals surface area contributed by atoms with Gasteiger partial charge < -0.3 is 19.5 Å². The largest absolute Gasteiger partial charge is 0.455 e. The summed E-state index contributed by atoms with van der Waals surface area (Å²) in [5.74, 6) is 1.63. The average molecular weight is 633 g/mol. The van der Waals surface area contributed by atoms with Gasteiger partial charge in [0, 0.05) is 63.6 Å². The number of H-pyrrole nitrogens is 1. The third-order valence-electron chi connectivity index (χ3n) is 9.59. The summed E-state index contributed by atoms with van der Waals surface area (Å²) in [6.45, 7) is 6.21. The first-order valence-electron chi connectivity index (χ1n) is 16.2. The van der Waals surface area contributed by atoms with Crippen molar-refractivity contribution in [3.05, 3.63) is 82.4 Å². The summed E-state index contributed by atoms with van der Waals surface area (Å²) in [6.07, 6.45) is 1.98. The molecular weight excluding hydrogens is 593 g/mol. The molecule has 1 aromatic carbocycles. The monoisotopic (exact) mass is 632 g/mol. The second kappa shape index (κ2) is 12.3. The maximum Gasteiger partial charge on any atom is 0.416 e. The molecule has 3 aliphatic rings. The first kappa shape index (κ1) is 30.7. The van der Waals surface area contributed by atoms with Gasteiger partial charge >= 0.3 is 6.18 Å². The first-order chi connectivity index (χ1) is 22.1. The van der Waals surface area contributed by atoms with Gasteiger partial charge in [-0.05, 0) is 73.2 Å². The Bertz CT molecular complexity index is 1740. The number of halogens is 3. The van der Waals surface area contributed by atoms with Gasteiger partial charge in [0.1, 0.15) is 17.1 Å². The van der Waals surface area contributed by atoms with Gasteiger partial charge in [-0.3, -0.25) is 14.7 Å². The molecule has 8 nitrogen and oxygen atoms in total. The molecule has 1 amide bonds. The van der Waals surface area contributed by atoms with Crippen LogP contribution in [0.1, 0.15) is 71.7 Å². The van der Waals surface area contributed by atoms with Crippen LogP contribution in [0.25, 0.3) is 11.0 Å². The van der Waals surface area contributed by atoms with Crippen LogP contribution < -0.4 is 4.74 Å². The van der Waals surface area contributed by atoms with E-state index in [0.29, 0.717) is 36.1 Å². The smallest absolute Gasteiger partial charge is 0.416 e. The van der Waals surface area contributed by atoms with Gasteiger partial charge in [0.05, 0.1) is 29.3 Å². The molecular formula is C35H39F3N6O2. The number of alkyl halides is 3. The fraction of sp³-hybridized carbons (Fsp3) is 0.457. The Morgan fingerprint density at radius 2 is 1.87 bits per heavy atom. The van der Waals surface area contributed by atoms with E-state index in [9.17, 15) is 18.0 Å². The number of nitrogens with one attached hydrogen (secondary N) is 1. The molecule has 1 aliphatic carbocycles. The molecule has 1 N–H and O–H groups in total. The Kier molecular flexibility index (Phi) is 8.23. The number of aromatic amines is 1. The molecule has 0 radical (unpaired) electrons. The quantitative estimate of drug-likeness (QED) is 0.240. The van der Waals surface area contributed by atoms with Gasteiger partial charge in [-0.1, -0.05) is 19.1 Å². The Balaban J connectivity index is 1.08. The van der Waals surface area contributed by atoms with E-state index in [0.717, 1.165) is 61.0 Å². The van der Waals surface area contributed by atoms with E-state index in [1.54, 1.807) is 29.4 Å². The molecule has 2 aliphatic heterocycles. The van der Waals surface area contributed by atoms with Crippen molar-refractivity contribution in [3.63, 3.8) is 0 Å². The maximum atomic E-state index is 14.2. The van der Waals surface area contributed by atoms with Crippen LogP contribution in [-0.4, -0.2) is 75.3 Å². The molecule has 1 saturated carbocycles. The predicted molar refractivity (Wildman–Crippen MR) is 169 cm³/mol. The van der Waals surface area contributed by atoms with Crippen LogP contribution in [0.15, 0.2) is 48.8 Å². The number of rotatable bonds is 8. The number of carbonyl (C=O) groups is 1. The van der Waals surface area contributed by atoms with Gasteiger partial charge in [-0.15, -0.1) is 0 Å². The number of benzene rings is 1. The molecule has 1 atom stereocenters. The van der Waals surface area contributed by atoms with Gasteiger partial charge in [0.15, 0.2) is 0 Å². The van der Waals surface area contributed by atoms with Crippen molar-refractivity contribution < 1.29 is 22.7 Å². The average Bonchev–Trinajstić information content (AvgIpc) is 3.80. The number of hydrogen-bond donors (Lipinski definition) is 1. The van der Waals surface area contributed by atoms with Crippen molar-refractivity contribution in [2.24, 2.45) is 0 Å². The zero-order chi connectivity index (χ0) is 32.0. The number of nitrogens with zero attached hydrogens (tertiary/aromatic N) is 5. The van der Waals surface area contributed by atoms with Crippen LogP contribution in [-0.2, 0) is 30.5 Å². The molecule has 7 rings (SSSR count). The van der Waals surface area contributed by atoms with Crippen LogP contribution in [0.4, 0.5) is 13.2 Å². The van der Waals surface area contributed by atoms with Crippen molar-refractivity contribution in [3.8, 4) is 11.5 Å². The highest BCUT2D eigenvalue weighted by Gasteiger charge is 2.35. The number of piperazine rings is 1. The van der Waals surface area contributed by atoms with Crippen LogP contribution in [0, 0.1) is 0 Å². The van der Waals surface area contributed by atoms with E-state index in [1.807, 2.05) is 19.2 Å². The molecule has 3 aromatic heterocycles. The van der Waals surface area contributed by atoms with Gasteiger partial charge in [0.2, 0.25) is 5.91 Å². The topological polar surface area (TPSA) is 77.6 Å². The summed E-state index contributed by atoms with van der Waals surface area (Å²) < 4.78 is 48.8. The summed E-state index contributed by atoms with van der Waals surface area (Å²) in [4.78, 5) is 32.2. The zero-order valence-corrected chi connectivity index (χ0v) is 26.2. The minimum atomic E-state index is -4.50. The number of ether oxygens (including phenoxy) is 1. The summed E-state index contributed by atoms with van der Waals surface area (Å²) in [5.41, 5.74) is 3.75. The summed E-state index contributed by atoms with van der Waals surface area (Å²) in [7, 11) is 2.02. The van der Waals surface area contributed by atoms with E-state index in [-0.39, 0.29) is 30.4 Å². The minimum Gasteiger partial charge on any atom is -0.455 e. The molecule has 5 heterocycles. The second-order valence-corrected chi connectivity index (χ2v) is 13.0. The third-order valence-corrected chi connectivity index (χ3v) is 9.59. The highest BCUT2D eigenvalue weighted by Crippen LogP contribution is 2.42. The van der Waals surface area contributed by atoms with E-state index >= 15 is 0 Å². The van der Waals surface area contributed by atoms with Gasteiger partial charge in [-0.25, -0.2) is 4.98 Å². The molecule has 242 valence electrons. The normalized spacial score (nSPS) is 19.4. The molecule has 4 aromatic rings. The molecule has 0 bridgehead atoms. The van der Waals surface area contributed by atoms with Crippen molar-refractivity contribution in [1.29, 1.82) is 0 Å². The molecule has 0 spiro atoms. The Morgan fingerprint density at radius 3 is 2.61 bits per heavy atom. The maximum absolute atomic E-state index is 14.2. The lowest BCUT2D eigenvalue weighted by Crippen LogP contribution is -2.44. The van der Waals surface area contributed by atoms with E-state index < -0.39 is 11.7 Å². The number of fused-ring (bicyclic) bond motifs is 2. The van der Waals surface area contributed by atoms with Crippen LogP contribution in [0.3, 0.4) is 0 Å². The lowest BCUT2D eigenvalue weighted by atomic mass is 9.92. The molecule has 46 heavy (non-hydrogen) atoms. The molecule has 2 fully saturated rings. The fourth-order valence-electron chi connectivity index (χ4n) is 6.71. The Hall–Kier alpha value is -3.96. The molecule has 11 heteroatoms. The number of carbonyl (C=O) groups excluding carboxylic acids is 1. The predicted octanol–water partition coefficient (Wildman–Crippen LogP) is 6.47. The number of pyridine rings is 2. The summed E-state index contributed by atoms with van der Waals surface area (Å²) in [6, 6.07) is 10.3. The lowest BCUT2D eigenvalue weighted by molar-refractivity contribution is -0.138. The Morgan fingerprint density at radius 1 is 1.07 bits per heavy atom.